The number of carboxylic acid groups (broad SMARTS) is 1. The Morgan fingerprint density at radius 3 is 2.42 bits per heavy atom. The minimum absolute atomic E-state index is 0. The molecule has 19 heavy (non-hydrogen) atoms. The Morgan fingerprint density at radius 2 is 2.00 bits per heavy atom. The third-order valence-corrected chi connectivity index (χ3v) is 1.88. The van der Waals surface area contributed by atoms with Gasteiger partial charge in [-0.2, -0.15) is 0 Å². The van der Waals surface area contributed by atoms with Crippen molar-refractivity contribution in [3.63, 3.8) is 0 Å². The Morgan fingerprint density at radius 1 is 1.37 bits per heavy atom. The zero-order valence-electron chi connectivity index (χ0n) is 11.5. The van der Waals surface area contributed by atoms with Gasteiger partial charge in [0.2, 0.25) is 0 Å². The fraction of sp³-hybridized carbons (Fsp3) is 0.417. The van der Waals surface area contributed by atoms with Gasteiger partial charge in [0, 0.05) is 6.20 Å². The third kappa shape index (κ3) is 7.02. The molecule has 0 saturated carbocycles. The summed E-state index contributed by atoms with van der Waals surface area (Å²) in [6.45, 7) is 5.05. The molecule has 0 radical (unpaired) electrons. The van der Waals surface area contributed by atoms with Crippen LogP contribution in [0.25, 0.3) is 0 Å². The summed E-state index contributed by atoms with van der Waals surface area (Å²) in [5.41, 5.74) is -0.520. The van der Waals surface area contributed by atoms with Crippen LogP contribution in [0.3, 0.4) is 0 Å². The van der Waals surface area contributed by atoms with E-state index in [0.717, 1.165) is 0 Å². The summed E-state index contributed by atoms with van der Waals surface area (Å²) in [5, 5.41) is 13.2. The van der Waals surface area contributed by atoms with Gasteiger partial charge in [0.15, 0.2) is 0 Å². The molecule has 0 fully saturated rings. The average molecular weight is 290 g/mol. The molecular weight excluding hydrogens is 275 g/mol. The van der Waals surface area contributed by atoms with Gasteiger partial charge in [-0.3, -0.25) is 4.98 Å². The van der Waals surface area contributed by atoms with E-state index in [1.54, 1.807) is 32.9 Å². The number of carbonyl (C=O) groups excluding carboxylic acids is 2. The number of carboxylic acids is 1. The van der Waals surface area contributed by atoms with Crippen LogP contribution >= 0.6 is 0 Å². The van der Waals surface area contributed by atoms with E-state index in [9.17, 15) is 14.7 Å². The van der Waals surface area contributed by atoms with E-state index in [0.29, 0.717) is 0 Å². The molecule has 0 bridgehead atoms. The number of hydrogen-bond acceptors (Lipinski definition) is 5. The number of pyridine rings is 1. The van der Waals surface area contributed by atoms with E-state index in [1.165, 1.54) is 12.3 Å². The molecule has 7 heteroatoms. The number of aromatic nitrogens is 1. The quantitative estimate of drug-likeness (QED) is 0.617. The first-order valence-corrected chi connectivity index (χ1v) is 5.41. The molecule has 1 aromatic rings. The van der Waals surface area contributed by atoms with Gasteiger partial charge in [0.25, 0.3) is 0 Å². The van der Waals surface area contributed by atoms with Gasteiger partial charge in [-0.05, 0) is 32.9 Å². The van der Waals surface area contributed by atoms with Crippen LogP contribution in [0.15, 0.2) is 24.4 Å². The normalized spacial score (nSPS) is 11.9. The number of aliphatic carboxylic acids is 1. The zero-order chi connectivity index (χ0) is 13.8. The first kappa shape index (κ1) is 18.5. The van der Waals surface area contributed by atoms with Crippen LogP contribution in [0.5, 0.6) is 0 Å². The molecule has 0 spiro atoms. The second-order valence-corrected chi connectivity index (χ2v) is 4.65. The summed E-state index contributed by atoms with van der Waals surface area (Å²) in [4.78, 5) is 26.3. The van der Waals surface area contributed by atoms with Crippen molar-refractivity contribution < 1.29 is 70.8 Å². The second-order valence-electron chi connectivity index (χ2n) is 4.65. The summed E-state index contributed by atoms with van der Waals surface area (Å²) >= 11 is 0. The minimum atomic E-state index is -1.44. The van der Waals surface area contributed by atoms with Crippen molar-refractivity contribution in [1.29, 1.82) is 0 Å². The van der Waals surface area contributed by atoms with Crippen molar-refractivity contribution in [2.75, 3.05) is 0 Å². The molecule has 1 rings (SSSR count). The van der Waals surface area contributed by atoms with Crippen molar-refractivity contribution >= 4 is 12.1 Å². The van der Waals surface area contributed by atoms with Crippen LogP contribution in [0.4, 0.5) is 4.79 Å². The summed E-state index contributed by atoms with van der Waals surface area (Å²) in [6.07, 6.45) is 0.601. The van der Waals surface area contributed by atoms with Gasteiger partial charge in [-0.15, -0.1) is 0 Å². The molecule has 1 atom stereocenters. The van der Waals surface area contributed by atoms with Crippen LogP contribution in [-0.4, -0.2) is 22.6 Å². The monoisotopic (exact) mass is 290 g/mol. The molecule has 0 aliphatic rings. The van der Waals surface area contributed by atoms with Crippen molar-refractivity contribution in [2.24, 2.45) is 0 Å². The number of carbonyl (C=O) groups is 2. The molecule has 1 aromatic heterocycles. The van der Waals surface area contributed by atoms with Crippen LogP contribution < -0.4 is 61.8 Å². The molecule has 0 saturated heterocycles. The van der Waals surface area contributed by atoms with Crippen molar-refractivity contribution in [2.45, 2.75) is 32.4 Å². The number of alkyl carbamates (subject to hydrolysis) is 1. The van der Waals surface area contributed by atoms with Gasteiger partial charge in [-0.1, -0.05) is 6.07 Å². The van der Waals surface area contributed by atoms with Crippen molar-refractivity contribution in [1.82, 2.24) is 10.3 Å². The summed E-state index contributed by atoms with van der Waals surface area (Å²) in [7, 11) is 0. The van der Waals surface area contributed by atoms with Gasteiger partial charge in [0.05, 0.1) is 11.7 Å². The number of nitrogens with one attached hydrogen (secondary N) is 1. The Kier molecular flexibility index (Phi) is 7.76. The Hall–Kier alpha value is -0.474. The SMILES string of the molecule is CC(C)(C)OC(=O)NC(C(=O)[O-])c1ccccn1.[K+]. The number of hydrogen-bond donors (Lipinski definition) is 1. The molecule has 1 heterocycles. The van der Waals surface area contributed by atoms with Gasteiger partial charge in [-0.25, -0.2) is 4.79 Å². The standard InChI is InChI=1S/C12H16N2O4.K/c1-12(2,3)18-11(17)14-9(10(15)16)8-6-4-5-7-13-8;/h4-7,9H,1-3H3,(H,14,17)(H,15,16);/q;+1/p-1. The molecule has 6 nitrogen and oxygen atoms in total. The maximum atomic E-state index is 11.5. The predicted molar refractivity (Wildman–Crippen MR) is 61.4 cm³/mol. The molecular formula is C12H15KN2O4. The number of nitrogens with zero attached hydrogens (tertiary/aromatic N) is 1. The van der Waals surface area contributed by atoms with E-state index in [1.807, 2.05) is 0 Å². The predicted octanol–water partition coefficient (Wildman–Crippen LogP) is -2.60. The van der Waals surface area contributed by atoms with E-state index < -0.39 is 23.7 Å². The van der Waals surface area contributed by atoms with Gasteiger partial charge < -0.3 is 20.0 Å². The largest absolute Gasteiger partial charge is 1.00 e. The molecule has 98 valence electrons. The maximum Gasteiger partial charge on any atom is 1.00 e. The average Bonchev–Trinajstić information content (AvgIpc) is 2.24. The van der Waals surface area contributed by atoms with Crippen molar-refractivity contribution in [3.8, 4) is 0 Å². The third-order valence-electron chi connectivity index (χ3n) is 1.88. The Labute approximate surface area is 154 Å². The van der Waals surface area contributed by atoms with E-state index in [4.69, 9.17) is 4.74 Å². The summed E-state index contributed by atoms with van der Waals surface area (Å²) < 4.78 is 4.97. The summed E-state index contributed by atoms with van der Waals surface area (Å²) in [6, 6.07) is 3.41. The van der Waals surface area contributed by atoms with Crippen LogP contribution in [0.1, 0.15) is 32.5 Å². The number of ether oxygens (including phenoxy) is 1. The first-order valence-electron chi connectivity index (χ1n) is 5.41. The zero-order valence-corrected chi connectivity index (χ0v) is 14.6. The molecule has 0 aliphatic heterocycles. The smallest absolute Gasteiger partial charge is 0.547 e. The molecule has 0 aliphatic carbocycles. The molecule has 1 amide bonds. The second kappa shape index (κ2) is 7.96. The fourth-order valence-corrected chi connectivity index (χ4v) is 1.23. The molecule has 1 unspecified atom stereocenters. The fourth-order valence-electron chi connectivity index (χ4n) is 1.23. The number of amides is 1. The molecule has 0 aromatic carbocycles. The van der Waals surface area contributed by atoms with E-state index in [2.05, 4.69) is 10.3 Å². The van der Waals surface area contributed by atoms with Gasteiger partial charge >= 0.3 is 57.5 Å². The topological polar surface area (TPSA) is 91.3 Å². The van der Waals surface area contributed by atoms with Crippen molar-refractivity contribution in [3.05, 3.63) is 30.1 Å². The first-order chi connectivity index (χ1) is 8.29. The van der Waals surface area contributed by atoms with E-state index in [-0.39, 0.29) is 57.1 Å². The van der Waals surface area contributed by atoms with E-state index >= 15 is 0 Å². The molecule has 1 N–H and O–H groups in total. The summed E-state index contributed by atoms with van der Waals surface area (Å²) in [5.74, 6) is -1.44. The van der Waals surface area contributed by atoms with Crippen LogP contribution in [-0.2, 0) is 9.53 Å². The van der Waals surface area contributed by atoms with Crippen LogP contribution in [0, 0.1) is 0 Å². The Bertz CT molecular complexity index is 431. The van der Waals surface area contributed by atoms with Crippen LogP contribution in [0.2, 0.25) is 0 Å². The number of rotatable bonds is 3. The van der Waals surface area contributed by atoms with Gasteiger partial charge in [0.1, 0.15) is 11.6 Å². The minimum Gasteiger partial charge on any atom is -0.547 e. The Balaban J connectivity index is 0.00000324. The maximum absolute atomic E-state index is 11.5.